The number of fused-ring (bicyclic) bond motifs is 1. The van der Waals surface area contributed by atoms with Gasteiger partial charge >= 0.3 is 0 Å². The second-order valence-electron chi connectivity index (χ2n) is 2.77. The fourth-order valence-corrected chi connectivity index (χ4v) is 3.24. The molecule has 0 aliphatic rings. The van der Waals surface area contributed by atoms with E-state index in [0.29, 0.717) is 0 Å². The first-order valence-corrected chi connectivity index (χ1v) is 6.47. The van der Waals surface area contributed by atoms with Gasteiger partial charge in [0.05, 0.1) is 5.00 Å². The van der Waals surface area contributed by atoms with E-state index < -0.39 is 0 Å². The van der Waals surface area contributed by atoms with Gasteiger partial charge < -0.3 is 5.73 Å². The lowest BCUT2D eigenvalue weighted by molar-refractivity contribution is 1.46. The van der Waals surface area contributed by atoms with Crippen molar-refractivity contribution in [2.75, 3.05) is 5.73 Å². The van der Waals surface area contributed by atoms with Crippen molar-refractivity contribution in [3.63, 3.8) is 0 Å². The predicted octanol–water partition coefficient (Wildman–Crippen LogP) is 4.14. The number of nitrogens with two attached hydrogens (primary N) is 1. The number of thiophene rings is 1. The van der Waals surface area contributed by atoms with E-state index >= 15 is 0 Å². The van der Waals surface area contributed by atoms with Gasteiger partial charge in [-0.15, -0.1) is 11.3 Å². The Morgan fingerprint density at radius 1 is 1.31 bits per heavy atom. The summed E-state index contributed by atoms with van der Waals surface area (Å²) in [5, 5.41) is 2.94. The second kappa shape index (κ2) is 3.59. The summed E-state index contributed by atoms with van der Waals surface area (Å²) >= 11 is 8.59. The third-order valence-electron chi connectivity index (χ3n) is 1.82. The number of hydrogen-bond acceptors (Lipinski definition) is 2. The van der Waals surface area contributed by atoms with Crippen molar-refractivity contribution in [2.24, 2.45) is 0 Å². The van der Waals surface area contributed by atoms with Gasteiger partial charge in [0.2, 0.25) is 0 Å². The van der Waals surface area contributed by atoms with Gasteiger partial charge in [-0.05, 0) is 23.8 Å². The molecular formula is C9H7Br2NS. The summed E-state index contributed by atoms with van der Waals surface area (Å²) in [5.74, 6) is 0. The van der Waals surface area contributed by atoms with Gasteiger partial charge in [0, 0.05) is 19.9 Å². The Labute approximate surface area is 97.2 Å². The highest BCUT2D eigenvalue weighted by Gasteiger charge is 2.04. The highest BCUT2D eigenvalue weighted by Crippen LogP contribution is 2.34. The number of anilines is 1. The van der Waals surface area contributed by atoms with Crippen LogP contribution in [0, 0.1) is 0 Å². The van der Waals surface area contributed by atoms with Crippen molar-refractivity contribution in [3.8, 4) is 0 Å². The third kappa shape index (κ3) is 1.75. The van der Waals surface area contributed by atoms with E-state index in [1.807, 2.05) is 6.07 Å². The zero-order chi connectivity index (χ0) is 9.42. The molecule has 0 aliphatic carbocycles. The molecule has 0 aliphatic heterocycles. The van der Waals surface area contributed by atoms with Crippen molar-refractivity contribution < 1.29 is 0 Å². The van der Waals surface area contributed by atoms with Gasteiger partial charge in [-0.3, -0.25) is 0 Å². The number of benzene rings is 1. The van der Waals surface area contributed by atoms with E-state index in [-0.39, 0.29) is 0 Å². The molecule has 1 aromatic heterocycles. The first-order valence-electron chi connectivity index (χ1n) is 3.74. The first-order chi connectivity index (χ1) is 6.20. The van der Waals surface area contributed by atoms with Crippen LogP contribution in [-0.4, -0.2) is 0 Å². The Kier molecular flexibility index (Phi) is 2.62. The highest BCUT2D eigenvalue weighted by molar-refractivity contribution is 9.10. The lowest BCUT2D eigenvalue weighted by Gasteiger charge is -1.98. The molecule has 2 rings (SSSR count). The molecule has 0 fully saturated rings. The molecule has 4 heteroatoms. The summed E-state index contributed by atoms with van der Waals surface area (Å²) in [5.41, 5.74) is 7.00. The van der Waals surface area contributed by atoms with Crippen LogP contribution in [0.25, 0.3) is 10.1 Å². The van der Waals surface area contributed by atoms with Gasteiger partial charge in [0.25, 0.3) is 0 Å². The van der Waals surface area contributed by atoms with Gasteiger partial charge in [-0.2, -0.15) is 0 Å². The van der Waals surface area contributed by atoms with E-state index in [2.05, 4.69) is 44.0 Å². The summed E-state index contributed by atoms with van der Waals surface area (Å²) in [6, 6.07) is 6.28. The van der Waals surface area contributed by atoms with Crippen LogP contribution in [0.4, 0.5) is 5.00 Å². The van der Waals surface area contributed by atoms with Crippen LogP contribution in [0.1, 0.15) is 5.56 Å². The van der Waals surface area contributed by atoms with Gasteiger partial charge in [-0.1, -0.05) is 31.9 Å². The molecule has 2 aromatic rings. The highest BCUT2D eigenvalue weighted by atomic mass is 79.9. The Balaban J connectivity index is 2.75. The Morgan fingerprint density at radius 3 is 2.77 bits per heavy atom. The van der Waals surface area contributed by atoms with Crippen LogP contribution in [-0.2, 0) is 5.33 Å². The molecule has 0 atom stereocenters. The standard InChI is InChI=1S/C9H7Br2NS/c10-4-5-1-7(11)6-3-9(12)13-8(6)2-5/h1-3H,4,12H2. The number of halogens is 2. The summed E-state index contributed by atoms with van der Waals surface area (Å²) in [6.45, 7) is 0. The van der Waals surface area contributed by atoms with Crippen LogP contribution >= 0.6 is 43.2 Å². The largest absolute Gasteiger partial charge is 0.391 e. The topological polar surface area (TPSA) is 26.0 Å². The Hall–Kier alpha value is -0.0600. The van der Waals surface area contributed by atoms with E-state index in [1.165, 1.54) is 15.6 Å². The minimum Gasteiger partial charge on any atom is -0.391 e. The van der Waals surface area contributed by atoms with E-state index in [4.69, 9.17) is 5.73 Å². The molecule has 0 radical (unpaired) electrons. The molecule has 1 heterocycles. The number of nitrogen functional groups attached to an aromatic ring is 1. The molecule has 0 bridgehead atoms. The van der Waals surface area contributed by atoms with Crippen LogP contribution < -0.4 is 5.73 Å². The zero-order valence-electron chi connectivity index (χ0n) is 6.68. The number of hydrogen-bond donors (Lipinski definition) is 1. The molecular weight excluding hydrogens is 314 g/mol. The summed E-state index contributed by atoms with van der Waals surface area (Å²) in [7, 11) is 0. The average Bonchev–Trinajstić information content (AvgIpc) is 2.46. The van der Waals surface area contributed by atoms with Crippen molar-refractivity contribution in [1.82, 2.24) is 0 Å². The van der Waals surface area contributed by atoms with Crippen LogP contribution in [0.15, 0.2) is 22.7 Å². The summed E-state index contributed by atoms with van der Waals surface area (Å²) in [6.07, 6.45) is 0. The third-order valence-corrected chi connectivity index (χ3v) is 4.03. The smallest absolute Gasteiger partial charge is 0.0869 e. The molecule has 1 aromatic carbocycles. The van der Waals surface area contributed by atoms with Gasteiger partial charge in [-0.25, -0.2) is 0 Å². The molecule has 0 unspecified atom stereocenters. The molecule has 0 amide bonds. The Morgan fingerprint density at radius 2 is 2.08 bits per heavy atom. The maximum Gasteiger partial charge on any atom is 0.0869 e. The molecule has 0 saturated heterocycles. The van der Waals surface area contributed by atoms with Crippen molar-refractivity contribution >= 4 is 58.3 Å². The SMILES string of the molecule is Nc1cc2c(Br)cc(CBr)cc2s1. The maximum atomic E-state index is 5.74. The fraction of sp³-hybridized carbons (Fsp3) is 0.111. The quantitative estimate of drug-likeness (QED) is 0.785. The Bertz CT molecular complexity index is 450. The normalized spacial score (nSPS) is 10.9. The van der Waals surface area contributed by atoms with Crippen molar-refractivity contribution in [3.05, 3.63) is 28.2 Å². The predicted molar refractivity (Wildman–Crippen MR) is 66.6 cm³/mol. The fourth-order valence-electron chi connectivity index (χ4n) is 1.25. The van der Waals surface area contributed by atoms with E-state index in [9.17, 15) is 0 Å². The lowest BCUT2D eigenvalue weighted by Crippen LogP contribution is -1.76. The van der Waals surface area contributed by atoms with Crippen molar-refractivity contribution in [2.45, 2.75) is 5.33 Å². The van der Waals surface area contributed by atoms with Gasteiger partial charge in [0.1, 0.15) is 0 Å². The van der Waals surface area contributed by atoms with Crippen LogP contribution in [0.5, 0.6) is 0 Å². The van der Waals surface area contributed by atoms with E-state index in [0.717, 1.165) is 14.8 Å². The monoisotopic (exact) mass is 319 g/mol. The van der Waals surface area contributed by atoms with Crippen molar-refractivity contribution in [1.29, 1.82) is 0 Å². The lowest BCUT2D eigenvalue weighted by atomic mass is 10.2. The molecule has 0 spiro atoms. The molecule has 1 nitrogen and oxygen atoms in total. The van der Waals surface area contributed by atoms with Crippen LogP contribution in [0.2, 0.25) is 0 Å². The maximum absolute atomic E-state index is 5.74. The van der Waals surface area contributed by atoms with Crippen LogP contribution in [0.3, 0.4) is 0 Å². The van der Waals surface area contributed by atoms with E-state index in [1.54, 1.807) is 11.3 Å². The number of rotatable bonds is 1. The molecule has 2 N–H and O–H groups in total. The minimum atomic E-state index is 0.863. The summed E-state index contributed by atoms with van der Waals surface area (Å²) in [4.78, 5) is 0. The molecule has 13 heavy (non-hydrogen) atoms. The molecule has 68 valence electrons. The average molecular weight is 321 g/mol. The zero-order valence-corrected chi connectivity index (χ0v) is 10.7. The number of alkyl halides is 1. The second-order valence-corrected chi connectivity index (χ2v) is 5.30. The first kappa shape index (κ1) is 9.49. The minimum absolute atomic E-state index is 0.863. The summed E-state index contributed by atoms with van der Waals surface area (Å²) < 4.78 is 2.36. The van der Waals surface area contributed by atoms with Gasteiger partial charge in [0.15, 0.2) is 0 Å². The molecule has 0 saturated carbocycles.